The Morgan fingerprint density at radius 3 is 2.39 bits per heavy atom. The van der Waals surface area contributed by atoms with E-state index in [0.717, 1.165) is 74.0 Å². The van der Waals surface area contributed by atoms with E-state index < -0.39 is 53.8 Å². The van der Waals surface area contributed by atoms with Crippen LogP contribution in [0.2, 0.25) is 0 Å². The molecule has 2 saturated heterocycles. The number of halogens is 2. The molecule has 5 amide bonds. The summed E-state index contributed by atoms with van der Waals surface area (Å²) in [4.78, 5) is 70.1. The Morgan fingerprint density at radius 2 is 1.63 bits per heavy atom. The number of nitrogens with one attached hydrogen (secondary N) is 3. The van der Waals surface area contributed by atoms with Crippen LogP contribution in [0.1, 0.15) is 84.9 Å². The molecule has 1 aromatic heterocycles. The van der Waals surface area contributed by atoms with E-state index in [4.69, 9.17) is 14.2 Å². The van der Waals surface area contributed by atoms with E-state index in [-0.39, 0.29) is 41.0 Å². The van der Waals surface area contributed by atoms with E-state index >= 15 is 0 Å². The molecule has 14 nitrogen and oxygen atoms in total. The summed E-state index contributed by atoms with van der Waals surface area (Å²) in [6.07, 6.45) is 8.34. The van der Waals surface area contributed by atoms with Crippen LogP contribution in [0.4, 0.5) is 13.9 Å². The summed E-state index contributed by atoms with van der Waals surface area (Å²) in [5.41, 5.74) is 1.06. The summed E-state index contributed by atoms with van der Waals surface area (Å²) in [6, 6.07) is 6.22. The number of nitrogens with zero attached hydrogens (tertiary/aromatic N) is 3. The highest BCUT2D eigenvalue weighted by atomic mass is 32.1. The van der Waals surface area contributed by atoms with Gasteiger partial charge in [-0.2, -0.15) is 4.39 Å². The lowest BCUT2D eigenvalue weighted by atomic mass is 10.0. The largest absolute Gasteiger partial charge is 0.491 e. The molecule has 17 heteroatoms. The van der Waals surface area contributed by atoms with Crippen molar-refractivity contribution in [2.45, 2.75) is 70.3 Å². The lowest BCUT2D eigenvalue weighted by Gasteiger charge is -2.27. The fourth-order valence-corrected chi connectivity index (χ4v) is 7.86. The summed E-state index contributed by atoms with van der Waals surface area (Å²) in [6.45, 7) is 4.27. The fourth-order valence-electron chi connectivity index (χ4n) is 6.98. The number of unbranched alkanes of at least 4 members (excludes halogenated alkanes) is 7. The molecule has 57 heavy (non-hydrogen) atoms. The van der Waals surface area contributed by atoms with Crippen molar-refractivity contribution < 1.29 is 47.0 Å². The number of amides is 5. The molecule has 3 aliphatic heterocycles. The summed E-state index contributed by atoms with van der Waals surface area (Å²) in [5.74, 6) is -4.91. The molecule has 0 spiro atoms. The van der Waals surface area contributed by atoms with Crippen molar-refractivity contribution in [2.24, 2.45) is 0 Å². The van der Waals surface area contributed by atoms with Gasteiger partial charge in [0.2, 0.25) is 17.6 Å². The zero-order valence-electron chi connectivity index (χ0n) is 31.7. The van der Waals surface area contributed by atoms with Gasteiger partial charge in [-0.25, -0.2) is 9.37 Å². The molecule has 0 saturated carbocycles. The highest BCUT2D eigenvalue weighted by molar-refractivity contribution is 7.14. The number of carbonyl (C=O) groups is 5. The number of anilines is 1. The van der Waals surface area contributed by atoms with Gasteiger partial charge in [-0.3, -0.25) is 34.2 Å². The van der Waals surface area contributed by atoms with Gasteiger partial charge >= 0.3 is 0 Å². The Kier molecular flexibility index (Phi) is 14.9. The molecule has 6 rings (SSSR count). The number of rotatable bonds is 21. The predicted molar refractivity (Wildman–Crippen MR) is 207 cm³/mol. The van der Waals surface area contributed by atoms with E-state index in [0.29, 0.717) is 51.7 Å². The number of fused-ring (bicyclic) bond motifs is 1. The van der Waals surface area contributed by atoms with Gasteiger partial charge in [0.25, 0.3) is 17.7 Å². The topological polar surface area (TPSA) is 168 Å². The molecule has 1 unspecified atom stereocenters. The number of hydrogen-bond donors (Lipinski definition) is 3. The molecule has 2 aromatic carbocycles. The molecule has 0 radical (unpaired) electrons. The third kappa shape index (κ3) is 10.7. The maximum atomic E-state index is 14.8. The molecule has 306 valence electrons. The van der Waals surface area contributed by atoms with Gasteiger partial charge in [-0.1, -0.05) is 44.6 Å². The first-order chi connectivity index (χ1) is 27.7. The lowest BCUT2D eigenvalue weighted by Crippen LogP contribution is -2.54. The molecule has 4 heterocycles. The number of thiazole rings is 1. The maximum Gasteiger partial charge on any atom is 0.266 e. The Labute approximate surface area is 333 Å². The molecular formula is C40H48F2N6O8S. The van der Waals surface area contributed by atoms with Crippen LogP contribution in [0.5, 0.6) is 11.5 Å². The van der Waals surface area contributed by atoms with Crippen LogP contribution in [0.25, 0.3) is 11.3 Å². The Balaban J connectivity index is 0.785. The van der Waals surface area contributed by atoms with Gasteiger partial charge in [-0.15, -0.1) is 11.3 Å². The Morgan fingerprint density at radius 1 is 0.895 bits per heavy atom. The summed E-state index contributed by atoms with van der Waals surface area (Å²) >= 11 is 1.40. The number of hydrogen-bond acceptors (Lipinski definition) is 12. The number of carbonyl (C=O) groups excluding carboxylic acids is 5. The quantitative estimate of drug-likeness (QED) is 0.102. The van der Waals surface area contributed by atoms with Crippen LogP contribution < -0.4 is 30.3 Å². The van der Waals surface area contributed by atoms with Crippen molar-refractivity contribution in [3.8, 4) is 22.8 Å². The maximum absolute atomic E-state index is 14.8. The van der Waals surface area contributed by atoms with Gasteiger partial charge in [0.15, 0.2) is 23.3 Å². The average Bonchev–Trinajstić information content (AvgIpc) is 3.80. The number of morpholine rings is 1. The van der Waals surface area contributed by atoms with Crippen molar-refractivity contribution in [1.29, 1.82) is 0 Å². The van der Waals surface area contributed by atoms with Crippen molar-refractivity contribution in [3.63, 3.8) is 0 Å². The van der Waals surface area contributed by atoms with Crippen molar-refractivity contribution in [2.75, 3.05) is 64.1 Å². The first kappa shape index (κ1) is 41.6. The molecule has 2 fully saturated rings. The van der Waals surface area contributed by atoms with Crippen molar-refractivity contribution in [1.82, 2.24) is 25.8 Å². The molecule has 0 aliphatic carbocycles. The minimum Gasteiger partial charge on any atom is -0.491 e. The molecule has 0 bridgehead atoms. The highest BCUT2D eigenvalue weighted by Crippen LogP contribution is 2.37. The van der Waals surface area contributed by atoms with E-state index in [2.05, 4.69) is 25.8 Å². The van der Waals surface area contributed by atoms with Crippen LogP contribution in [0.3, 0.4) is 0 Å². The second-order valence-corrected chi connectivity index (χ2v) is 14.9. The van der Waals surface area contributed by atoms with Gasteiger partial charge < -0.3 is 29.7 Å². The monoisotopic (exact) mass is 810 g/mol. The zero-order valence-corrected chi connectivity index (χ0v) is 32.6. The zero-order chi connectivity index (χ0) is 40.1. The molecular weight excluding hydrogens is 763 g/mol. The number of benzene rings is 2. The summed E-state index contributed by atoms with van der Waals surface area (Å²) in [5, 5.41) is 10.8. The second kappa shape index (κ2) is 20.4. The van der Waals surface area contributed by atoms with E-state index in [1.165, 1.54) is 23.5 Å². The highest BCUT2D eigenvalue weighted by Gasteiger charge is 2.46. The van der Waals surface area contributed by atoms with Gasteiger partial charge in [-0.05, 0) is 50.1 Å². The van der Waals surface area contributed by atoms with Gasteiger partial charge in [0.1, 0.15) is 18.4 Å². The van der Waals surface area contributed by atoms with E-state index in [1.54, 1.807) is 17.5 Å². The predicted octanol–water partition coefficient (Wildman–Crippen LogP) is 4.61. The molecule has 3 N–H and O–H groups in total. The summed E-state index contributed by atoms with van der Waals surface area (Å²) in [7, 11) is 0. The smallest absolute Gasteiger partial charge is 0.266 e. The standard InChI is InChI=1S/C40H48F2N6O8S/c41-28-13-12-26(29-25-57-40(45-29)47-19-22-54-23-20-47)36(35(28)42)56-24-33(50)44-17-8-6-4-2-1-3-5-7-16-43-18-21-55-31-11-9-10-27-34(31)39(53)48(38(27)52)30-14-15-32(49)46-37(30)51/h9-13,25,30,43H,1-8,14-24H2,(H,44,50)(H,46,49,51). The first-order valence-corrected chi connectivity index (χ1v) is 20.4. The number of piperidine rings is 1. The summed E-state index contributed by atoms with van der Waals surface area (Å²) < 4.78 is 45.7. The lowest BCUT2D eigenvalue weighted by molar-refractivity contribution is -0.136. The molecule has 3 aliphatic rings. The van der Waals surface area contributed by atoms with Crippen molar-refractivity contribution >= 4 is 46.0 Å². The van der Waals surface area contributed by atoms with Crippen LogP contribution in [0, 0.1) is 11.6 Å². The number of imide groups is 2. The van der Waals surface area contributed by atoms with Crippen molar-refractivity contribution in [3.05, 3.63) is 58.5 Å². The Bertz CT molecular complexity index is 1920. The van der Waals surface area contributed by atoms with E-state index in [9.17, 15) is 32.8 Å². The fraction of sp³-hybridized carbons (Fsp3) is 0.500. The van der Waals surface area contributed by atoms with Crippen LogP contribution in [-0.4, -0.2) is 105 Å². The SMILES string of the molecule is O=C(COc1c(-c2csc(N3CCOCC3)n2)ccc(F)c1F)NCCCCCCCCCCNCCOc1cccc2c1C(=O)N(C1CCC(=O)NC1=O)C2=O. The third-order valence-electron chi connectivity index (χ3n) is 10.0. The van der Waals surface area contributed by atoms with Crippen LogP contribution in [0.15, 0.2) is 35.7 Å². The number of aromatic nitrogens is 1. The molecule has 1 atom stereocenters. The minimum atomic E-state index is -1.15. The van der Waals surface area contributed by atoms with Gasteiger partial charge in [0.05, 0.1) is 30.0 Å². The Hall–Kier alpha value is -5.00. The second-order valence-electron chi connectivity index (χ2n) is 14.0. The first-order valence-electron chi connectivity index (χ1n) is 19.6. The number of ether oxygens (including phenoxy) is 3. The van der Waals surface area contributed by atoms with E-state index in [1.807, 2.05) is 0 Å². The van der Waals surface area contributed by atoms with Gasteiger partial charge in [0, 0.05) is 43.5 Å². The minimum absolute atomic E-state index is 0.0574. The third-order valence-corrected chi connectivity index (χ3v) is 10.9. The average molecular weight is 811 g/mol. The molecule has 3 aromatic rings. The normalized spacial score (nSPS) is 16.8. The van der Waals surface area contributed by atoms with Crippen LogP contribution in [-0.2, 0) is 19.1 Å². The van der Waals surface area contributed by atoms with Crippen LogP contribution >= 0.6 is 11.3 Å².